The smallest absolute Gasteiger partial charge is 0.234 e. The van der Waals surface area contributed by atoms with Gasteiger partial charge < -0.3 is 14.8 Å². The summed E-state index contributed by atoms with van der Waals surface area (Å²) in [6.07, 6.45) is 5.66. The first-order valence-corrected chi connectivity index (χ1v) is 5.12. The average Bonchev–Trinajstić information content (AvgIpc) is 2.79. The van der Waals surface area contributed by atoms with Crippen LogP contribution in [0.1, 0.15) is 12.8 Å². The van der Waals surface area contributed by atoms with Crippen LogP contribution in [0, 0.1) is 0 Å². The summed E-state index contributed by atoms with van der Waals surface area (Å²) in [7, 11) is 1.80. The van der Waals surface area contributed by atoms with Gasteiger partial charge >= 0.3 is 0 Å². The third kappa shape index (κ3) is 2.79. The summed E-state index contributed by atoms with van der Waals surface area (Å²) in [4.78, 5) is 8.21. The molecule has 0 spiro atoms. The van der Waals surface area contributed by atoms with Gasteiger partial charge in [0.15, 0.2) is 0 Å². The molecule has 5 nitrogen and oxygen atoms in total. The molecule has 1 aromatic heterocycles. The zero-order chi connectivity index (χ0) is 10.5. The second kappa shape index (κ2) is 4.93. The minimum Gasteiger partial charge on any atom is -0.474 e. The molecule has 1 atom stereocenters. The quantitative estimate of drug-likeness (QED) is 0.804. The molecule has 82 valence electrons. The fraction of sp³-hybridized carbons (Fsp3) is 0.600. The largest absolute Gasteiger partial charge is 0.474 e. The van der Waals surface area contributed by atoms with E-state index in [-0.39, 0.29) is 6.10 Å². The van der Waals surface area contributed by atoms with Gasteiger partial charge in [0, 0.05) is 13.7 Å². The number of hydrogen-bond donors (Lipinski definition) is 1. The topological polar surface area (TPSA) is 56.3 Å². The molecule has 5 heteroatoms. The van der Waals surface area contributed by atoms with Crippen molar-refractivity contribution < 1.29 is 9.47 Å². The van der Waals surface area contributed by atoms with Crippen molar-refractivity contribution in [3.8, 4) is 5.88 Å². The Morgan fingerprint density at radius 2 is 2.53 bits per heavy atom. The van der Waals surface area contributed by atoms with Crippen molar-refractivity contribution >= 4 is 5.82 Å². The van der Waals surface area contributed by atoms with Gasteiger partial charge in [-0.1, -0.05) is 0 Å². The maximum Gasteiger partial charge on any atom is 0.234 e. The molecular weight excluding hydrogens is 194 g/mol. The molecule has 1 saturated heterocycles. The van der Waals surface area contributed by atoms with E-state index in [1.165, 1.54) is 0 Å². The molecule has 0 aromatic carbocycles. The summed E-state index contributed by atoms with van der Waals surface area (Å²) in [6.45, 7) is 1.40. The van der Waals surface area contributed by atoms with Gasteiger partial charge in [-0.2, -0.15) is 4.98 Å². The monoisotopic (exact) mass is 209 g/mol. The normalized spacial score (nSPS) is 20.2. The predicted octanol–water partition coefficient (Wildman–Crippen LogP) is 1.08. The number of hydrogen-bond acceptors (Lipinski definition) is 5. The van der Waals surface area contributed by atoms with Gasteiger partial charge in [0.1, 0.15) is 12.4 Å². The van der Waals surface area contributed by atoms with E-state index < -0.39 is 0 Å². The van der Waals surface area contributed by atoms with Gasteiger partial charge in [-0.05, 0) is 12.8 Å². The Hall–Kier alpha value is -1.36. The predicted molar refractivity (Wildman–Crippen MR) is 56.0 cm³/mol. The number of aromatic nitrogens is 2. The summed E-state index contributed by atoms with van der Waals surface area (Å²) in [5.41, 5.74) is 0. The highest BCUT2D eigenvalue weighted by Crippen LogP contribution is 2.14. The summed E-state index contributed by atoms with van der Waals surface area (Å²) in [6, 6.07) is 0. The molecule has 1 unspecified atom stereocenters. The highest BCUT2D eigenvalue weighted by Gasteiger charge is 2.16. The fourth-order valence-electron chi connectivity index (χ4n) is 1.49. The van der Waals surface area contributed by atoms with E-state index in [4.69, 9.17) is 9.47 Å². The minimum absolute atomic E-state index is 0.213. The lowest BCUT2D eigenvalue weighted by Gasteiger charge is -2.10. The summed E-state index contributed by atoms with van der Waals surface area (Å²) in [5.74, 6) is 1.25. The van der Waals surface area contributed by atoms with Crippen molar-refractivity contribution in [1.82, 2.24) is 9.97 Å². The molecular formula is C10H15N3O2. The third-order valence-electron chi connectivity index (χ3n) is 2.31. The molecule has 1 aliphatic rings. The lowest BCUT2D eigenvalue weighted by atomic mass is 10.2. The summed E-state index contributed by atoms with van der Waals surface area (Å²) in [5, 5.41) is 2.91. The molecule has 1 fully saturated rings. The summed E-state index contributed by atoms with van der Waals surface area (Å²) < 4.78 is 10.9. The van der Waals surface area contributed by atoms with Crippen molar-refractivity contribution in [3.05, 3.63) is 12.4 Å². The maximum absolute atomic E-state index is 5.49. The Kier molecular flexibility index (Phi) is 3.34. The Morgan fingerprint density at radius 3 is 3.27 bits per heavy atom. The van der Waals surface area contributed by atoms with E-state index in [1.807, 2.05) is 0 Å². The van der Waals surface area contributed by atoms with Gasteiger partial charge in [-0.15, -0.1) is 0 Å². The van der Waals surface area contributed by atoms with Crippen molar-refractivity contribution in [2.24, 2.45) is 0 Å². The van der Waals surface area contributed by atoms with Crippen molar-refractivity contribution in [3.63, 3.8) is 0 Å². The first kappa shape index (κ1) is 10.2. The van der Waals surface area contributed by atoms with Gasteiger partial charge in [0.05, 0.1) is 18.5 Å². The Bertz CT molecular complexity index is 313. The maximum atomic E-state index is 5.49. The number of ether oxygens (including phenoxy) is 2. The van der Waals surface area contributed by atoms with Gasteiger partial charge in [-0.25, -0.2) is 0 Å². The zero-order valence-electron chi connectivity index (χ0n) is 8.77. The molecule has 2 rings (SSSR count). The van der Waals surface area contributed by atoms with Crippen LogP contribution >= 0.6 is 0 Å². The third-order valence-corrected chi connectivity index (χ3v) is 2.31. The van der Waals surface area contributed by atoms with Gasteiger partial charge in [0.25, 0.3) is 0 Å². The Morgan fingerprint density at radius 1 is 1.60 bits per heavy atom. The van der Waals surface area contributed by atoms with Crippen LogP contribution in [-0.4, -0.2) is 36.3 Å². The van der Waals surface area contributed by atoms with E-state index in [2.05, 4.69) is 15.3 Å². The SMILES string of the molecule is CNc1cncc(OCC2CCCO2)n1. The molecule has 0 aliphatic carbocycles. The molecule has 1 aromatic rings. The van der Waals surface area contributed by atoms with Crippen LogP contribution in [-0.2, 0) is 4.74 Å². The molecule has 15 heavy (non-hydrogen) atoms. The molecule has 0 bridgehead atoms. The first-order valence-electron chi connectivity index (χ1n) is 5.12. The zero-order valence-corrected chi connectivity index (χ0v) is 8.77. The van der Waals surface area contributed by atoms with E-state index >= 15 is 0 Å². The Balaban J connectivity index is 1.86. The summed E-state index contributed by atoms with van der Waals surface area (Å²) >= 11 is 0. The van der Waals surface area contributed by atoms with Crippen LogP contribution in [0.4, 0.5) is 5.82 Å². The number of nitrogens with one attached hydrogen (secondary N) is 1. The molecule has 1 aliphatic heterocycles. The number of nitrogens with zero attached hydrogens (tertiary/aromatic N) is 2. The van der Waals surface area contributed by atoms with Crippen LogP contribution in [0.15, 0.2) is 12.4 Å². The number of anilines is 1. The second-order valence-corrected chi connectivity index (χ2v) is 3.44. The molecule has 2 heterocycles. The molecule has 0 saturated carbocycles. The highest BCUT2D eigenvalue weighted by atomic mass is 16.5. The van der Waals surface area contributed by atoms with Crippen LogP contribution in [0.2, 0.25) is 0 Å². The lowest BCUT2D eigenvalue weighted by Crippen LogP contribution is -2.16. The number of rotatable bonds is 4. The standard InChI is InChI=1S/C10H15N3O2/c1-11-9-5-12-6-10(13-9)15-7-8-3-2-4-14-8/h5-6,8H,2-4,7H2,1H3,(H,11,13). The Labute approximate surface area is 88.8 Å². The van der Waals surface area contributed by atoms with E-state index in [0.29, 0.717) is 18.3 Å². The van der Waals surface area contributed by atoms with Crippen molar-refractivity contribution in [2.75, 3.05) is 25.6 Å². The minimum atomic E-state index is 0.213. The van der Waals surface area contributed by atoms with Crippen molar-refractivity contribution in [1.29, 1.82) is 0 Å². The van der Waals surface area contributed by atoms with Crippen LogP contribution in [0.5, 0.6) is 5.88 Å². The molecule has 0 radical (unpaired) electrons. The van der Waals surface area contributed by atoms with E-state index in [0.717, 1.165) is 19.4 Å². The van der Waals surface area contributed by atoms with E-state index in [9.17, 15) is 0 Å². The second-order valence-electron chi connectivity index (χ2n) is 3.44. The first-order chi connectivity index (χ1) is 7.38. The van der Waals surface area contributed by atoms with E-state index in [1.54, 1.807) is 19.4 Å². The van der Waals surface area contributed by atoms with Crippen molar-refractivity contribution in [2.45, 2.75) is 18.9 Å². The average molecular weight is 209 g/mol. The van der Waals surface area contributed by atoms with Gasteiger partial charge in [0.2, 0.25) is 5.88 Å². The van der Waals surface area contributed by atoms with Crippen LogP contribution in [0.25, 0.3) is 0 Å². The lowest BCUT2D eigenvalue weighted by molar-refractivity contribution is 0.0662. The molecule has 1 N–H and O–H groups in total. The fourth-order valence-corrected chi connectivity index (χ4v) is 1.49. The highest BCUT2D eigenvalue weighted by molar-refractivity contribution is 5.31. The van der Waals surface area contributed by atoms with Gasteiger partial charge in [-0.3, -0.25) is 4.98 Å². The van der Waals surface area contributed by atoms with Crippen LogP contribution in [0.3, 0.4) is 0 Å². The van der Waals surface area contributed by atoms with Crippen LogP contribution < -0.4 is 10.1 Å². The molecule has 0 amide bonds.